The average Bonchev–Trinajstić information content (AvgIpc) is 2.67. The Morgan fingerprint density at radius 3 is 2.15 bits per heavy atom. The van der Waals surface area contributed by atoms with Gasteiger partial charge in [0.1, 0.15) is 12.4 Å². The van der Waals surface area contributed by atoms with E-state index < -0.39 is 0 Å². The molecule has 3 rings (SSSR count). The molecule has 0 heterocycles. The molecule has 0 aromatic heterocycles. The van der Waals surface area contributed by atoms with Crippen molar-refractivity contribution in [1.82, 2.24) is 0 Å². The molecule has 26 heavy (non-hydrogen) atoms. The summed E-state index contributed by atoms with van der Waals surface area (Å²) in [7, 11) is 0. The first kappa shape index (κ1) is 19.0. The van der Waals surface area contributed by atoms with E-state index in [9.17, 15) is 0 Å². The molecule has 3 aromatic rings. The Morgan fingerprint density at radius 2 is 1.46 bits per heavy atom. The number of nitrogens with one attached hydrogen (secondary N) is 1. The fraction of sp³-hybridized carbons (Fsp3) is 0.182. The number of halogens is 2. The molecule has 0 radical (unpaired) electrons. The summed E-state index contributed by atoms with van der Waals surface area (Å²) < 4.78 is 8.19. The standard InChI is InChI=1S/C22H21Br2NO/c1-2-16-5-10-21(11-6-16)25-14-18-13-20(24)9-12-22(18)26-15-17-3-7-19(23)8-4-17/h3-13,25H,2,14-15H2,1H3. The SMILES string of the molecule is CCc1ccc(NCc2cc(Br)ccc2OCc2ccc(Br)cc2)cc1. The average molecular weight is 475 g/mol. The van der Waals surface area contributed by atoms with E-state index in [1.54, 1.807) is 0 Å². The van der Waals surface area contributed by atoms with E-state index in [1.807, 2.05) is 24.3 Å². The molecule has 2 nitrogen and oxygen atoms in total. The van der Waals surface area contributed by atoms with Crippen LogP contribution in [0, 0.1) is 0 Å². The molecule has 0 aliphatic carbocycles. The number of hydrogen-bond acceptors (Lipinski definition) is 2. The first-order valence-corrected chi connectivity index (χ1v) is 10.2. The van der Waals surface area contributed by atoms with E-state index in [0.717, 1.165) is 37.9 Å². The summed E-state index contributed by atoms with van der Waals surface area (Å²) in [5, 5.41) is 3.48. The fourth-order valence-electron chi connectivity index (χ4n) is 2.62. The van der Waals surface area contributed by atoms with Crippen molar-refractivity contribution in [3.8, 4) is 5.75 Å². The van der Waals surface area contributed by atoms with Crippen LogP contribution in [0.2, 0.25) is 0 Å². The zero-order valence-electron chi connectivity index (χ0n) is 14.6. The van der Waals surface area contributed by atoms with Crippen molar-refractivity contribution in [2.75, 3.05) is 5.32 Å². The number of anilines is 1. The summed E-state index contributed by atoms with van der Waals surface area (Å²) in [4.78, 5) is 0. The molecule has 0 amide bonds. The molecule has 0 aliphatic heterocycles. The molecule has 0 unspecified atom stereocenters. The van der Waals surface area contributed by atoms with Gasteiger partial charge in [0.05, 0.1) is 0 Å². The van der Waals surface area contributed by atoms with Gasteiger partial charge in [-0.1, -0.05) is 63.0 Å². The van der Waals surface area contributed by atoms with Gasteiger partial charge in [-0.3, -0.25) is 0 Å². The second-order valence-corrected chi connectivity index (χ2v) is 7.90. The Labute approximate surface area is 171 Å². The van der Waals surface area contributed by atoms with Crippen molar-refractivity contribution >= 4 is 37.5 Å². The maximum atomic E-state index is 6.07. The molecule has 0 saturated heterocycles. The third kappa shape index (κ3) is 5.36. The molecule has 3 aromatic carbocycles. The molecule has 0 bridgehead atoms. The first-order chi connectivity index (χ1) is 12.6. The summed E-state index contributed by atoms with van der Waals surface area (Å²) in [5.74, 6) is 0.897. The van der Waals surface area contributed by atoms with Gasteiger partial charge in [-0.15, -0.1) is 0 Å². The number of benzene rings is 3. The van der Waals surface area contributed by atoms with Gasteiger partial charge < -0.3 is 10.1 Å². The maximum absolute atomic E-state index is 6.07. The van der Waals surface area contributed by atoms with Crippen LogP contribution < -0.4 is 10.1 Å². The molecule has 134 valence electrons. The summed E-state index contributed by atoms with van der Waals surface area (Å²) in [6, 6.07) is 22.9. The predicted octanol–water partition coefficient (Wildman–Crippen LogP) is 6.97. The third-order valence-corrected chi connectivity index (χ3v) is 5.20. The summed E-state index contributed by atoms with van der Waals surface area (Å²) >= 11 is 7.02. The largest absolute Gasteiger partial charge is 0.489 e. The van der Waals surface area contributed by atoms with Gasteiger partial charge in [0.2, 0.25) is 0 Å². The van der Waals surface area contributed by atoms with Crippen molar-refractivity contribution in [2.24, 2.45) is 0 Å². The lowest BCUT2D eigenvalue weighted by Gasteiger charge is -2.14. The Bertz CT molecular complexity index is 845. The van der Waals surface area contributed by atoms with E-state index in [1.165, 1.54) is 5.56 Å². The van der Waals surface area contributed by atoms with E-state index >= 15 is 0 Å². The van der Waals surface area contributed by atoms with Crippen LogP contribution in [0.15, 0.2) is 75.7 Å². The molecule has 1 N–H and O–H groups in total. The fourth-order valence-corrected chi connectivity index (χ4v) is 3.30. The number of ether oxygens (including phenoxy) is 1. The van der Waals surface area contributed by atoms with Crippen LogP contribution in [0.1, 0.15) is 23.6 Å². The molecular weight excluding hydrogens is 454 g/mol. The van der Waals surface area contributed by atoms with Gasteiger partial charge in [-0.2, -0.15) is 0 Å². The van der Waals surface area contributed by atoms with E-state index in [0.29, 0.717) is 13.2 Å². The monoisotopic (exact) mass is 473 g/mol. The first-order valence-electron chi connectivity index (χ1n) is 8.62. The summed E-state index contributed by atoms with van der Waals surface area (Å²) in [6.07, 6.45) is 1.06. The van der Waals surface area contributed by atoms with Crippen LogP contribution in [0.25, 0.3) is 0 Å². The Balaban J connectivity index is 1.67. The van der Waals surface area contributed by atoms with Crippen molar-refractivity contribution in [2.45, 2.75) is 26.5 Å². The quantitative estimate of drug-likeness (QED) is 0.399. The van der Waals surface area contributed by atoms with Gasteiger partial charge in [0.25, 0.3) is 0 Å². The summed E-state index contributed by atoms with van der Waals surface area (Å²) in [6.45, 7) is 3.42. The molecule has 0 fully saturated rings. The smallest absolute Gasteiger partial charge is 0.124 e. The molecular formula is C22H21Br2NO. The highest BCUT2D eigenvalue weighted by Gasteiger charge is 2.06. The molecule has 4 heteroatoms. The lowest BCUT2D eigenvalue weighted by atomic mass is 10.1. The van der Waals surface area contributed by atoms with Crippen LogP contribution in [0.3, 0.4) is 0 Å². The van der Waals surface area contributed by atoms with Crippen molar-refractivity contribution in [3.63, 3.8) is 0 Å². The van der Waals surface area contributed by atoms with Crippen molar-refractivity contribution < 1.29 is 4.74 Å². The minimum Gasteiger partial charge on any atom is -0.489 e. The van der Waals surface area contributed by atoms with Crippen LogP contribution in [0.5, 0.6) is 5.75 Å². The molecule has 0 atom stereocenters. The van der Waals surface area contributed by atoms with E-state index in [4.69, 9.17) is 4.74 Å². The highest BCUT2D eigenvalue weighted by Crippen LogP contribution is 2.25. The van der Waals surface area contributed by atoms with Gasteiger partial charge in [-0.05, 0) is 60.0 Å². The second-order valence-electron chi connectivity index (χ2n) is 6.07. The predicted molar refractivity (Wildman–Crippen MR) is 116 cm³/mol. The van der Waals surface area contributed by atoms with Gasteiger partial charge in [-0.25, -0.2) is 0 Å². The zero-order valence-corrected chi connectivity index (χ0v) is 17.8. The normalized spacial score (nSPS) is 10.6. The number of rotatable bonds is 7. The lowest BCUT2D eigenvalue weighted by molar-refractivity contribution is 0.303. The molecule has 0 aliphatic rings. The van der Waals surface area contributed by atoms with Crippen LogP contribution in [0.4, 0.5) is 5.69 Å². The van der Waals surface area contributed by atoms with Gasteiger partial charge in [0, 0.05) is 26.7 Å². The van der Waals surface area contributed by atoms with Crippen LogP contribution >= 0.6 is 31.9 Å². The molecule has 0 spiro atoms. The minimum absolute atomic E-state index is 0.549. The van der Waals surface area contributed by atoms with E-state index in [-0.39, 0.29) is 0 Å². The van der Waals surface area contributed by atoms with Gasteiger partial charge in [0.15, 0.2) is 0 Å². The van der Waals surface area contributed by atoms with Crippen molar-refractivity contribution in [1.29, 1.82) is 0 Å². The Kier molecular flexibility index (Phi) is 6.75. The maximum Gasteiger partial charge on any atom is 0.124 e. The number of hydrogen-bond donors (Lipinski definition) is 1. The van der Waals surface area contributed by atoms with E-state index in [2.05, 4.69) is 86.6 Å². The zero-order chi connectivity index (χ0) is 18.4. The Hall–Kier alpha value is -1.78. The topological polar surface area (TPSA) is 21.3 Å². The highest BCUT2D eigenvalue weighted by molar-refractivity contribution is 9.10. The third-order valence-electron chi connectivity index (χ3n) is 4.18. The molecule has 0 saturated carbocycles. The van der Waals surface area contributed by atoms with Gasteiger partial charge >= 0.3 is 0 Å². The number of aryl methyl sites for hydroxylation is 1. The minimum atomic E-state index is 0.549. The van der Waals surface area contributed by atoms with Crippen LogP contribution in [-0.2, 0) is 19.6 Å². The summed E-state index contributed by atoms with van der Waals surface area (Å²) in [5.41, 5.74) is 4.72. The Morgan fingerprint density at radius 1 is 0.808 bits per heavy atom. The highest BCUT2D eigenvalue weighted by atomic mass is 79.9. The second kappa shape index (κ2) is 9.24. The lowest BCUT2D eigenvalue weighted by Crippen LogP contribution is -2.04. The van der Waals surface area contributed by atoms with Crippen LogP contribution in [-0.4, -0.2) is 0 Å². The van der Waals surface area contributed by atoms with Crippen molar-refractivity contribution in [3.05, 3.63) is 92.4 Å².